The summed E-state index contributed by atoms with van der Waals surface area (Å²) in [4.78, 5) is 30.4. The molecule has 6 heteroatoms. The van der Waals surface area contributed by atoms with E-state index < -0.39 is 0 Å². The van der Waals surface area contributed by atoms with Crippen molar-refractivity contribution in [3.8, 4) is 0 Å². The predicted octanol–water partition coefficient (Wildman–Crippen LogP) is 0.380. The van der Waals surface area contributed by atoms with Crippen molar-refractivity contribution < 1.29 is 9.59 Å². The van der Waals surface area contributed by atoms with Gasteiger partial charge in [-0.3, -0.25) is 14.6 Å². The maximum Gasteiger partial charge on any atom is 0.246 e. The fraction of sp³-hybridized carbons (Fsp3) is 0.545. The zero-order valence-corrected chi connectivity index (χ0v) is 10.1. The Morgan fingerprint density at radius 1 is 1.47 bits per heavy atom. The molecule has 0 radical (unpaired) electrons. The maximum absolute atomic E-state index is 12.2. The molecule has 1 aromatic rings. The number of hydrogen-bond acceptors (Lipinski definition) is 4. The predicted molar refractivity (Wildman–Crippen MR) is 62.2 cm³/mol. The van der Waals surface area contributed by atoms with E-state index in [1.54, 1.807) is 16.6 Å². The quantitative estimate of drug-likeness (QED) is 0.844. The van der Waals surface area contributed by atoms with Gasteiger partial charge in [-0.2, -0.15) is 0 Å². The molecule has 5 nitrogen and oxygen atoms in total. The van der Waals surface area contributed by atoms with Gasteiger partial charge >= 0.3 is 0 Å². The number of nitrogens with zero attached hydrogens (tertiary/aromatic N) is 2. The minimum Gasteiger partial charge on any atom is -0.342 e. The first-order valence-corrected chi connectivity index (χ1v) is 6.57. The number of thiazole rings is 1. The van der Waals surface area contributed by atoms with Crippen molar-refractivity contribution in [3.05, 3.63) is 16.6 Å². The van der Waals surface area contributed by atoms with Gasteiger partial charge in [-0.1, -0.05) is 0 Å². The minimum atomic E-state index is -0.288. The molecular formula is C11H13N3O2S. The molecular weight excluding hydrogens is 238 g/mol. The second-order valence-electron chi connectivity index (χ2n) is 4.54. The van der Waals surface area contributed by atoms with Crippen molar-refractivity contribution >= 4 is 23.2 Å². The van der Waals surface area contributed by atoms with E-state index in [1.165, 1.54) is 11.3 Å². The monoisotopic (exact) mass is 251 g/mol. The lowest BCUT2D eigenvalue weighted by Gasteiger charge is -2.32. The summed E-state index contributed by atoms with van der Waals surface area (Å²) in [6.07, 6.45) is 3.84. The molecule has 1 atom stereocenters. The Hall–Kier alpha value is -1.43. The Bertz CT molecular complexity index is 442. The third-order valence-corrected chi connectivity index (χ3v) is 3.92. The number of aromatic nitrogens is 1. The summed E-state index contributed by atoms with van der Waals surface area (Å²) in [6.45, 7) is 0.667. The van der Waals surface area contributed by atoms with Crippen LogP contribution in [0.3, 0.4) is 0 Å². The molecule has 1 saturated heterocycles. The number of piperazine rings is 1. The summed E-state index contributed by atoms with van der Waals surface area (Å²) in [5, 5.41) is 2.80. The first-order valence-electron chi connectivity index (χ1n) is 5.69. The van der Waals surface area contributed by atoms with Gasteiger partial charge in [-0.25, -0.2) is 0 Å². The zero-order chi connectivity index (χ0) is 11.8. The molecule has 17 heavy (non-hydrogen) atoms. The van der Waals surface area contributed by atoms with Gasteiger partial charge in [-0.15, -0.1) is 11.3 Å². The fourth-order valence-corrected chi connectivity index (χ4v) is 2.73. The van der Waals surface area contributed by atoms with Gasteiger partial charge < -0.3 is 10.2 Å². The topological polar surface area (TPSA) is 62.3 Å². The van der Waals surface area contributed by atoms with Crippen LogP contribution in [0.1, 0.15) is 17.7 Å². The van der Waals surface area contributed by atoms with E-state index in [4.69, 9.17) is 0 Å². The summed E-state index contributed by atoms with van der Waals surface area (Å²) in [5.41, 5.74) is 1.74. The second-order valence-corrected chi connectivity index (χ2v) is 5.52. The van der Waals surface area contributed by atoms with E-state index in [-0.39, 0.29) is 24.4 Å². The molecule has 2 fully saturated rings. The van der Waals surface area contributed by atoms with Crippen molar-refractivity contribution in [1.82, 2.24) is 15.2 Å². The molecule has 2 heterocycles. The van der Waals surface area contributed by atoms with Gasteiger partial charge in [0.15, 0.2) is 0 Å². The van der Waals surface area contributed by atoms with E-state index >= 15 is 0 Å². The van der Waals surface area contributed by atoms with Crippen molar-refractivity contribution in [2.45, 2.75) is 25.4 Å². The molecule has 0 spiro atoms. The van der Waals surface area contributed by atoms with Crippen LogP contribution in [0.5, 0.6) is 0 Å². The lowest BCUT2D eigenvalue weighted by Crippen LogP contribution is -2.58. The largest absolute Gasteiger partial charge is 0.342 e. The summed E-state index contributed by atoms with van der Waals surface area (Å²) >= 11 is 1.51. The van der Waals surface area contributed by atoms with Crippen molar-refractivity contribution in [2.75, 3.05) is 6.54 Å². The molecule has 0 bridgehead atoms. The molecule has 2 amide bonds. The number of carbonyl (C=O) groups excluding carboxylic acids is 2. The van der Waals surface area contributed by atoms with Crippen LogP contribution in [0.25, 0.3) is 0 Å². The summed E-state index contributed by atoms with van der Waals surface area (Å²) in [7, 11) is 0. The Labute approximate surface area is 103 Å². The Morgan fingerprint density at radius 2 is 2.29 bits per heavy atom. The van der Waals surface area contributed by atoms with Crippen molar-refractivity contribution in [1.29, 1.82) is 0 Å². The third-order valence-electron chi connectivity index (χ3n) is 3.15. The maximum atomic E-state index is 12.2. The minimum absolute atomic E-state index is 0.0500. The van der Waals surface area contributed by atoms with E-state index in [0.717, 1.165) is 17.7 Å². The first kappa shape index (κ1) is 10.7. The lowest BCUT2D eigenvalue weighted by molar-refractivity contribution is -0.145. The molecule has 90 valence electrons. The van der Waals surface area contributed by atoms with Crippen LogP contribution in [0.2, 0.25) is 0 Å². The van der Waals surface area contributed by atoms with Crippen LogP contribution in [0.15, 0.2) is 11.7 Å². The van der Waals surface area contributed by atoms with Gasteiger partial charge in [0.05, 0.1) is 18.6 Å². The number of hydrogen-bond donors (Lipinski definition) is 1. The van der Waals surface area contributed by atoms with Crippen LogP contribution in [0, 0.1) is 5.92 Å². The SMILES string of the molecule is O=C1CN(Cc2cncs2)C(=O)C(C2CC2)N1. The van der Waals surface area contributed by atoms with Crippen LogP contribution >= 0.6 is 11.3 Å². The molecule has 0 aromatic carbocycles. The molecule has 1 unspecified atom stereocenters. The number of rotatable bonds is 3. The fourth-order valence-electron chi connectivity index (χ4n) is 2.12. The summed E-state index contributed by atoms with van der Waals surface area (Å²) in [6, 6.07) is -0.288. The van der Waals surface area contributed by atoms with Crippen LogP contribution in [-0.4, -0.2) is 34.3 Å². The van der Waals surface area contributed by atoms with Crippen LogP contribution in [0.4, 0.5) is 0 Å². The Morgan fingerprint density at radius 3 is 2.94 bits per heavy atom. The van der Waals surface area contributed by atoms with E-state index in [0.29, 0.717) is 12.5 Å². The standard InChI is InChI=1S/C11H13N3O2S/c15-9-5-14(4-8-3-12-6-17-8)11(16)10(13-9)7-1-2-7/h3,6-7,10H,1-2,4-5H2,(H,13,15). The van der Waals surface area contributed by atoms with Crippen molar-refractivity contribution in [3.63, 3.8) is 0 Å². The van der Waals surface area contributed by atoms with Gasteiger partial charge in [0.25, 0.3) is 0 Å². The Kier molecular flexibility index (Phi) is 2.58. The highest BCUT2D eigenvalue weighted by Gasteiger charge is 2.42. The van der Waals surface area contributed by atoms with Crippen molar-refractivity contribution in [2.24, 2.45) is 5.92 Å². The smallest absolute Gasteiger partial charge is 0.246 e. The van der Waals surface area contributed by atoms with E-state index in [9.17, 15) is 9.59 Å². The third kappa shape index (κ3) is 2.17. The van der Waals surface area contributed by atoms with Crippen LogP contribution < -0.4 is 5.32 Å². The molecule has 1 aliphatic carbocycles. The van der Waals surface area contributed by atoms with Gasteiger partial charge in [0.2, 0.25) is 11.8 Å². The van der Waals surface area contributed by atoms with Gasteiger partial charge in [-0.05, 0) is 18.8 Å². The molecule has 1 N–H and O–H groups in total. The van der Waals surface area contributed by atoms with Gasteiger partial charge in [0.1, 0.15) is 6.04 Å². The van der Waals surface area contributed by atoms with Crippen LogP contribution in [-0.2, 0) is 16.1 Å². The normalized spacial score (nSPS) is 24.9. The molecule has 2 aliphatic rings. The molecule has 1 saturated carbocycles. The average Bonchev–Trinajstić information content (AvgIpc) is 3.02. The first-order chi connectivity index (χ1) is 8.24. The summed E-state index contributed by atoms with van der Waals surface area (Å²) < 4.78 is 0. The zero-order valence-electron chi connectivity index (χ0n) is 9.26. The van der Waals surface area contributed by atoms with E-state index in [1.807, 2.05) is 0 Å². The number of nitrogens with one attached hydrogen (secondary N) is 1. The molecule has 1 aliphatic heterocycles. The Balaban J connectivity index is 1.73. The highest BCUT2D eigenvalue weighted by Crippen LogP contribution is 2.34. The molecule has 1 aromatic heterocycles. The highest BCUT2D eigenvalue weighted by atomic mass is 32.1. The number of carbonyl (C=O) groups is 2. The highest BCUT2D eigenvalue weighted by molar-refractivity contribution is 7.09. The summed E-state index contributed by atoms with van der Waals surface area (Å²) in [5.74, 6) is 0.363. The number of amides is 2. The second kappa shape index (κ2) is 4.10. The lowest BCUT2D eigenvalue weighted by atomic mass is 10.1. The molecule has 3 rings (SSSR count). The van der Waals surface area contributed by atoms with E-state index in [2.05, 4.69) is 10.3 Å². The average molecular weight is 251 g/mol. The van der Waals surface area contributed by atoms with Gasteiger partial charge in [0, 0.05) is 11.1 Å².